The predicted molar refractivity (Wildman–Crippen MR) is 68.4 cm³/mol. The van der Waals surface area contributed by atoms with Crippen LogP contribution in [0.1, 0.15) is 6.42 Å². The SMILES string of the molecule is O=S(=O)(CCCO)c1ccc2nc(Cl)sc2c1. The highest BCUT2D eigenvalue weighted by Crippen LogP contribution is 2.28. The van der Waals surface area contributed by atoms with E-state index < -0.39 is 9.84 Å². The summed E-state index contributed by atoms with van der Waals surface area (Å²) in [5, 5.41) is 8.66. The lowest BCUT2D eigenvalue weighted by atomic mass is 10.3. The molecule has 0 saturated heterocycles. The number of rotatable bonds is 4. The number of thiazole rings is 1. The smallest absolute Gasteiger partial charge is 0.184 e. The molecule has 0 aliphatic heterocycles. The number of aromatic nitrogens is 1. The summed E-state index contributed by atoms with van der Waals surface area (Å²) in [6, 6.07) is 4.74. The first-order valence-corrected chi connectivity index (χ1v) is 7.77. The van der Waals surface area contributed by atoms with Crippen LogP contribution in [0.25, 0.3) is 10.2 Å². The van der Waals surface area contributed by atoms with Gasteiger partial charge in [0.1, 0.15) is 0 Å². The highest BCUT2D eigenvalue weighted by atomic mass is 35.5. The van der Waals surface area contributed by atoms with Crippen LogP contribution in [0.4, 0.5) is 0 Å². The molecule has 17 heavy (non-hydrogen) atoms. The molecular formula is C10H10ClNO3S2. The lowest BCUT2D eigenvalue weighted by Crippen LogP contribution is -2.07. The van der Waals surface area contributed by atoms with Gasteiger partial charge in [0.2, 0.25) is 0 Å². The van der Waals surface area contributed by atoms with Crippen LogP contribution in [0, 0.1) is 0 Å². The molecule has 0 aliphatic carbocycles. The van der Waals surface area contributed by atoms with Crippen molar-refractivity contribution in [3.05, 3.63) is 22.7 Å². The van der Waals surface area contributed by atoms with E-state index in [4.69, 9.17) is 16.7 Å². The van der Waals surface area contributed by atoms with Crippen molar-refractivity contribution in [3.8, 4) is 0 Å². The normalized spacial score (nSPS) is 12.1. The average Bonchev–Trinajstić information content (AvgIpc) is 2.65. The first kappa shape index (κ1) is 12.8. The van der Waals surface area contributed by atoms with Crippen LogP contribution in [-0.4, -0.2) is 30.9 Å². The second-order valence-electron chi connectivity index (χ2n) is 3.49. The number of aliphatic hydroxyl groups is 1. The van der Waals surface area contributed by atoms with Crippen LogP contribution in [0.5, 0.6) is 0 Å². The zero-order valence-electron chi connectivity index (χ0n) is 8.76. The molecule has 0 fully saturated rings. The lowest BCUT2D eigenvalue weighted by molar-refractivity contribution is 0.295. The molecule has 0 aliphatic rings. The molecule has 1 aromatic carbocycles. The van der Waals surface area contributed by atoms with Crippen LogP contribution >= 0.6 is 22.9 Å². The van der Waals surface area contributed by atoms with Crippen LogP contribution in [-0.2, 0) is 9.84 Å². The van der Waals surface area contributed by atoms with Gasteiger partial charge in [-0.05, 0) is 24.6 Å². The molecule has 4 nitrogen and oxygen atoms in total. The summed E-state index contributed by atoms with van der Waals surface area (Å²) in [5.74, 6) is -0.0540. The second kappa shape index (κ2) is 4.89. The first-order valence-electron chi connectivity index (χ1n) is 4.92. The largest absolute Gasteiger partial charge is 0.396 e. The minimum Gasteiger partial charge on any atom is -0.396 e. The Kier molecular flexibility index (Phi) is 3.67. The third-order valence-electron chi connectivity index (χ3n) is 2.26. The summed E-state index contributed by atoms with van der Waals surface area (Å²) in [5.41, 5.74) is 0.695. The van der Waals surface area contributed by atoms with Gasteiger partial charge in [-0.1, -0.05) is 11.6 Å². The van der Waals surface area contributed by atoms with Crippen LogP contribution in [0.3, 0.4) is 0 Å². The number of fused-ring (bicyclic) bond motifs is 1. The molecule has 0 radical (unpaired) electrons. The van der Waals surface area contributed by atoms with Crippen LogP contribution in [0.15, 0.2) is 23.1 Å². The van der Waals surface area contributed by atoms with Crippen molar-refractivity contribution < 1.29 is 13.5 Å². The summed E-state index contributed by atoms with van der Waals surface area (Å²) < 4.78 is 24.9. The number of hydrogen-bond donors (Lipinski definition) is 1. The Morgan fingerprint density at radius 1 is 1.41 bits per heavy atom. The predicted octanol–water partition coefficient (Wildman–Crippen LogP) is 2.11. The van der Waals surface area contributed by atoms with E-state index in [0.29, 0.717) is 9.98 Å². The van der Waals surface area contributed by atoms with Crippen molar-refractivity contribution in [1.29, 1.82) is 0 Å². The number of nitrogens with zero attached hydrogens (tertiary/aromatic N) is 1. The van der Waals surface area contributed by atoms with Crippen molar-refractivity contribution in [1.82, 2.24) is 4.98 Å². The summed E-state index contributed by atoms with van der Waals surface area (Å²) in [6.07, 6.45) is 0.240. The van der Waals surface area contributed by atoms with Gasteiger partial charge in [0.05, 0.1) is 20.9 Å². The zero-order chi connectivity index (χ0) is 12.5. The molecular weight excluding hydrogens is 282 g/mol. The van der Waals surface area contributed by atoms with Gasteiger partial charge in [-0.3, -0.25) is 0 Å². The monoisotopic (exact) mass is 291 g/mol. The fraction of sp³-hybridized carbons (Fsp3) is 0.300. The van der Waals surface area contributed by atoms with Crippen LogP contribution < -0.4 is 0 Å². The second-order valence-corrected chi connectivity index (χ2v) is 7.21. The van der Waals surface area contributed by atoms with E-state index in [2.05, 4.69) is 4.98 Å². The van der Waals surface area contributed by atoms with Crippen LogP contribution in [0.2, 0.25) is 4.47 Å². The van der Waals surface area contributed by atoms with E-state index >= 15 is 0 Å². The highest BCUT2D eigenvalue weighted by Gasteiger charge is 2.15. The molecule has 0 spiro atoms. The quantitative estimate of drug-likeness (QED) is 0.937. The Bertz CT molecular complexity index is 636. The third-order valence-corrected chi connectivity index (χ3v) is 5.18. The van der Waals surface area contributed by atoms with Gasteiger partial charge in [0.25, 0.3) is 0 Å². The topological polar surface area (TPSA) is 67.3 Å². The number of halogens is 1. The summed E-state index contributed by atoms with van der Waals surface area (Å²) in [4.78, 5) is 4.30. The van der Waals surface area contributed by atoms with Gasteiger partial charge in [-0.25, -0.2) is 13.4 Å². The van der Waals surface area contributed by atoms with E-state index in [9.17, 15) is 8.42 Å². The van der Waals surface area contributed by atoms with Gasteiger partial charge in [0, 0.05) is 6.61 Å². The summed E-state index contributed by atoms with van der Waals surface area (Å²) >= 11 is 7.00. The van der Waals surface area contributed by atoms with E-state index in [1.54, 1.807) is 12.1 Å². The van der Waals surface area contributed by atoms with E-state index in [1.807, 2.05) is 0 Å². The summed E-state index contributed by atoms with van der Waals surface area (Å²) in [6.45, 7) is -0.131. The van der Waals surface area contributed by atoms with Gasteiger partial charge in [-0.15, -0.1) is 11.3 Å². The van der Waals surface area contributed by atoms with Crippen molar-refractivity contribution in [2.75, 3.05) is 12.4 Å². The number of sulfone groups is 1. The fourth-order valence-electron chi connectivity index (χ4n) is 1.44. The molecule has 1 aromatic heterocycles. The molecule has 7 heteroatoms. The van der Waals surface area contributed by atoms with E-state index in [0.717, 1.165) is 4.70 Å². The minimum atomic E-state index is -3.33. The molecule has 1 heterocycles. The maximum Gasteiger partial charge on any atom is 0.184 e. The maximum absolute atomic E-state index is 11.9. The number of hydrogen-bond acceptors (Lipinski definition) is 5. The lowest BCUT2D eigenvalue weighted by Gasteiger charge is -2.02. The highest BCUT2D eigenvalue weighted by molar-refractivity contribution is 7.91. The van der Waals surface area contributed by atoms with Gasteiger partial charge < -0.3 is 5.11 Å². The van der Waals surface area contributed by atoms with Crippen molar-refractivity contribution in [2.24, 2.45) is 0 Å². The Morgan fingerprint density at radius 2 is 2.18 bits per heavy atom. The summed E-state index contributed by atoms with van der Waals surface area (Å²) in [7, 11) is -3.33. The van der Waals surface area contributed by atoms with Gasteiger partial charge in [-0.2, -0.15) is 0 Å². The minimum absolute atomic E-state index is 0.0540. The van der Waals surface area contributed by atoms with Crippen molar-refractivity contribution in [2.45, 2.75) is 11.3 Å². The van der Waals surface area contributed by atoms with Gasteiger partial charge >= 0.3 is 0 Å². The van der Waals surface area contributed by atoms with E-state index in [1.165, 1.54) is 17.4 Å². The Labute approximate surface area is 108 Å². The molecule has 1 N–H and O–H groups in total. The Morgan fingerprint density at radius 3 is 2.88 bits per heavy atom. The molecule has 92 valence electrons. The molecule has 0 saturated carbocycles. The molecule has 0 unspecified atom stereocenters. The average molecular weight is 292 g/mol. The number of aliphatic hydroxyl groups excluding tert-OH is 1. The molecule has 0 amide bonds. The molecule has 0 atom stereocenters. The zero-order valence-corrected chi connectivity index (χ0v) is 11.1. The van der Waals surface area contributed by atoms with Crippen molar-refractivity contribution >= 4 is 43.0 Å². The van der Waals surface area contributed by atoms with Crippen molar-refractivity contribution in [3.63, 3.8) is 0 Å². The standard InChI is InChI=1S/C10H10ClNO3S2/c11-10-12-8-3-2-7(6-9(8)16-10)17(14,15)5-1-4-13/h2-3,6,13H,1,4-5H2. The van der Waals surface area contributed by atoms with E-state index in [-0.39, 0.29) is 23.7 Å². The molecule has 0 bridgehead atoms. The Balaban J connectivity index is 2.42. The number of benzene rings is 1. The maximum atomic E-state index is 11.9. The first-order chi connectivity index (χ1) is 8.03. The third kappa shape index (κ3) is 2.77. The van der Waals surface area contributed by atoms with Gasteiger partial charge in [0.15, 0.2) is 14.3 Å². The fourth-order valence-corrected chi connectivity index (χ4v) is 3.90. The molecule has 2 aromatic rings. The Hall–Kier alpha value is -0.690. The molecule has 2 rings (SSSR count).